The average molecular weight is 282 g/mol. The fourth-order valence-electron chi connectivity index (χ4n) is 1.31. The van der Waals surface area contributed by atoms with Crippen LogP contribution in [0.15, 0.2) is 34.9 Å². The van der Waals surface area contributed by atoms with E-state index in [4.69, 9.17) is 5.11 Å². The SMILES string of the molecule is O=C(O)Cn1cc(-c2ccccc2Br)nn1. The van der Waals surface area contributed by atoms with Gasteiger partial charge in [0.2, 0.25) is 0 Å². The van der Waals surface area contributed by atoms with Crippen molar-refractivity contribution < 1.29 is 9.90 Å². The highest BCUT2D eigenvalue weighted by Gasteiger charge is 2.08. The summed E-state index contributed by atoms with van der Waals surface area (Å²) >= 11 is 3.40. The first-order valence-corrected chi connectivity index (χ1v) is 5.33. The van der Waals surface area contributed by atoms with Gasteiger partial charge in [-0.2, -0.15) is 0 Å². The van der Waals surface area contributed by atoms with E-state index in [1.807, 2.05) is 24.3 Å². The molecule has 0 bridgehead atoms. The van der Waals surface area contributed by atoms with Crippen molar-refractivity contribution in [1.29, 1.82) is 0 Å². The second-order valence-electron chi connectivity index (χ2n) is 3.17. The summed E-state index contributed by atoms with van der Waals surface area (Å²) in [4.78, 5) is 10.5. The summed E-state index contributed by atoms with van der Waals surface area (Å²) in [5.74, 6) is -0.941. The van der Waals surface area contributed by atoms with Crippen LogP contribution in [-0.4, -0.2) is 26.1 Å². The molecule has 0 atom stereocenters. The van der Waals surface area contributed by atoms with Gasteiger partial charge in [0, 0.05) is 10.0 Å². The van der Waals surface area contributed by atoms with Crippen LogP contribution in [-0.2, 0) is 11.3 Å². The molecule has 0 aliphatic rings. The van der Waals surface area contributed by atoms with Gasteiger partial charge in [-0.25, -0.2) is 4.68 Å². The zero-order chi connectivity index (χ0) is 11.5. The molecule has 1 heterocycles. The van der Waals surface area contributed by atoms with Crippen LogP contribution < -0.4 is 0 Å². The summed E-state index contributed by atoms with van der Waals surface area (Å²) in [6.07, 6.45) is 1.61. The molecule has 82 valence electrons. The fraction of sp³-hybridized carbons (Fsp3) is 0.100. The molecule has 0 saturated carbocycles. The molecule has 2 rings (SSSR count). The van der Waals surface area contributed by atoms with Crippen molar-refractivity contribution in [2.45, 2.75) is 6.54 Å². The number of hydrogen-bond donors (Lipinski definition) is 1. The highest BCUT2D eigenvalue weighted by atomic mass is 79.9. The topological polar surface area (TPSA) is 68.0 Å². The Morgan fingerprint density at radius 3 is 2.88 bits per heavy atom. The molecule has 0 radical (unpaired) electrons. The number of halogens is 1. The molecule has 0 saturated heterocycles. The van der Waals surface area contributed by atoms with E-state index < -0.39 is 5.97 Å². The molecule has 0 aliphatic carbocycles. The highest BCUT2D eigenvalue weighted by molar-refractivity contribution is 9.10. The van der Waals surface area contributed by atoms with Gasteiger partial charge in [0.05, 0.1) is 6.20 Å². The number of carbonyl (C=O) groups is 1. The number of carboxylic acid groups (broad SMARTS) is 1. The van der Waals surface area contributed by atoms with Gasteiger partial charge in [-0.3, -0.25) is 4.79 Å². The first-order valence-electron chi connectivity index (χ1n) is 4.53. The van der Waals surface area contributed by atoms with Crippen LogP contribution in [0.5, 0.6) is 0 Å². The molecule has 5 nitrogen and oxygen atoms in total. The lowest BCUT2D eigenvalue weighted by atomic mass is 10.2. The minimum absolute atomic E-state index is 0.183. The van der Waals surface area contributed by atoms with E-state index in [9.17, 15) is 4.79 Å². The summed E-state index contributed by atoms with van der Waals surface area (Å²) in [5.41, 5.74) is 1.54. The smallest absolute Gasteiger partial charge is 0.325 e. The van der Waals surface area contributed by atoms with Crippen molar-refractivity contribution >= 4 is 21.9 Å². The Kier molecular flexibility index (Phi) is 3.00. The molecule has 1 aromatic carbocycles. The van der Waals surface area contributed by atoms with Crippen molar-refractivity contribution in [3.8, 4) is 11.3 Å². The Labute approximate surface area is 99.8 Å². The van der Waals surface area contributed by atoms with E-state index in [2.05, 4.69) is 26.2 Å². The lowest BCUT2D eigenvalue weighted by Gasteiger charge is -1.97. The van der Waals surface area contributed by atoms with Crippen molar-refractivity contribution in [1.82, 2.24) is 15.0 Å². The normalized spacial score (nSPS) is 10.3. The maximum absolute atomic E-state index is 10.5. The number of aliphatic carboxylic acids is 1. The zero-order valence-corrected chi connectivity index (χ0v) is 9.75. The molecule has 1 aromatic heterocycles. The van der Waals surface area contributed by atoms with Crippen LogP contribution >= 0.6 is 15.9 Å². The van der Waals surface area contributed by atoms with Gasteiger partial charge < -0.3 is 5.11 Å². The van der Waals surface area contributed by atoms with E-state index in [0.717, 1.165) is 10.0 Å². The maximum Gasteiger partial charge on any atom is 0.325 e. The number of benzene rings is 1. The van der Waals surface area contributed by atoms with E-state index in [0.29, 0.717) is 5.69 Å². The fourth-order valence-corrected chi connectivity index (χ4v) is 1.79. The monoisotopic (exact) mass is 281 g/mol. The Bertz CT molecular complexity index is 524. The molecule has 2 aromatic rings. The van der Waals surface area contributed by atoms with Crippen LogP contribution in [0.1, 0.15) is 0 Å². The lowest BCUT2D eigenvalue weighted by Crippen LogP contribution is -2.08. The predicted octanol–water partition coefficient (Wildman–Crippen LogP) is 1.79. The number of carboxylic acids is 1. The molecule has 6 heteroatoms. The second-order valence-corrected chi connectivity index (χ2v) is 4.03. The van der Waals surface area contributed by atoms with E-state index in [-0.39, 0.29) is 6.54 Å². The van der Waals surface area contributed by atoms with Crippen LogP contribution in [0.3, 0.4) is 0 Å². The quantitative estimate of drug-likeness (QED) is 0.932. The second kappa shape index (κ2) is 4.44. The van der Waals surface area contributed by atoms with Gasteiger partial charge in [-0.1, -0.05) is 39.3 Å². The minimum Gasteiger partial charge on any atom is -0.480 e. The Morgan fingerprint density at radius 2 is 2.19 bits per heavy atom. The van der Waals surface area contributed by atoms with E-state index in [1.54, 1.807) is 6.20 Å². The number of nitrogens with zero attached hydrogens (tertiary/aromatic N) is 3. The largest absolute Gasteiger partial charge is 0.480 e. The third kappa shape index (κ3) is 2.27. The van der Waals surface area contributed by atoms with E-state index in [1.165, 1.54) is 4.68 Å². The maximum atomic E-state index is 10.5. The van der Waals surface area contributed by atoms with Crippen molar-refractivity contribution in [2.75, 3.05) is 0 Å². The predicted molar refractivity (Wildman–Crippen MR) is 60.8 cm³/mol. The molecule has 0 spiro atoms. The Hall–Kier alpha value is -1.69. The highest BCUT2D eigenvalue weighted by Crippen LogP contribution is 2.25. The molecule has 0 amide bonds. The van der Waals surface area contributed by atoms with Crippen molar-refractivity contribution in [3.63, 3.8) is 0 Å². The van der Waals surface area contributed by atoms with Gasteiger partial charge in [0.1, 0.15) is 12.2 Å². The zero-order valence-electron chi connectivity index (χ0n) is 8.17. The molecule has 0 aliphatic heterocycles. The summed E-state index contributed by atoms with van der Waals surface area (Å²) in [7, 11) is 0. The minimum atomic E-state index is -0.941. The molecule has 0 fully saturated rings. The summed E-state index contributed by atoms with van der Waals surface area (Å²) in [6, 6.07) is 7.57. The van der Waals surface area contributed by atoms with Gasteiger partial charge in [0.25, 0.3) is 0 Å². The van der Waals surface area contributed by atoms with Gasteiger partial charge in [-0.05, 0) is 6.07 Å². The molecule has 16 heavy (non-hydrogen) atoms. The van der Waals surface area contributed by atoms with Crippen LogP contribution in [0.4, 0.5) is 0 Å². The standard InChI is InChI=1S/C10H8BrN3O2/c11-8-4-2-1-3-7(8)9-5-14(13-12-9)6-10(15)16/h1-5H,6H2,(H,15,16). The average Bonchev–Trinajstić information content (AvgIpc) is 2.66. The third-order valence-electron chi connectivity index (χ3n) is 1.99. The van der Waals surface area contributed by atoms with Crippen molar-refractivity contribution in [2.24, 2.45) is 0 Å². The first-order chi connectivity index (χ1) is 7.66. The first kappa shape index (κ1) is 10.8. The van der Waals surface area contributed by atoms with Crippen molar-refractivity contribution in [3.05, 3.63) is 34.9 Å². The van der Waals surface area contributed by atoms with Gasteiger partial charge in [-0.15, -0.1) is 5.10 Å². The number of rotatable bonds is 3. The Morgan fingerprint density at radius 1 is 1.44 bits per heavy atom. The van der Waals surface area contributed by atoms with E-state index >= 15 is 0 Å². The summed E-state index contributed by atoms with van der Waals surface area (Å²) in [6.45, 7) is -0.183. The third-order valence-corrected chi connectivity index (χ3v) is 2.68. The van der Waals surface area contributed by atoms with Gasteiger partial charge in [0.15, 0.2) is 0 Å². The van der Waals surface area contributed by atoms with Crippen LogP contribution in [0, 0.1) is 0 Å². The summed E-state index contributed by atoms with van der Waals surface area (Å²) in [5, 5.41) is 16.3. The summed E-state index contributed by atoms with van der Waals surface area (Å²) < 4.78 is 2.19. The lowest BCUT2D eigenvalue weighted by molar-refractivity contribution is -0.137. The molecule has 1 N–H and O–H groups in total. The number of hydrogen-bond acceptors (Lipinski definition) is 3. The van der Waals surface area contributed by atoms with Crippen LogP contribution in [0.25, 0.3) is 11.3 Å². The Balaban J connectivity index is 2.32. The van der Waals surface area contributed by atoms with Crippen LogP contribution in [0.2, 0.25) is 0 Å². The number of aromatic nitrogens is 3. The molecular formula is C10H8BrN3O2. The van der Waals surface area contributed by atoms with Gasteiger partial charge >= 0.3 is 5.97 Å². The molecule has 0 unspecified atom stereocenters. The molecular weight excluding hydrogens is 274 g/mol.